The molecule has 2 aromatic carbocycles. The smallest absolute Gasteiger partial charge is 0.726 e. The fourth-order valence-electron chi connectivity index (χ4n) is 2.00. The van der Waals surface area contributed by atoms with Gasteiger partial charge in [0.05, 0.1) is 13.2 Å². The van der Waals surface area contributed by atoms with Crippen LogP contribution in [-0.4, -0.2) is 50.4 Å². The summed E-state index contributed by atoms with van der Waals surface area (Å²) in [6.07, 6.45) is 0. The fraction of sp³-hybridized carbons (Fsp3) is 0.235. The van der Waals surface area contributed by atoms with Crippen LogP contribution in [0.3, 0.4) is 0 Å². The molecular weight excluding hydrogens is 401 g/mol. The van der Waals surface area contributed by atoms with Crippen LogP contribution in [0.5, 0.6) is 11.5 Å². The summed E-state index contributed by atoms with van der Waals surface area (Å²) in [5.41, 5.74) is 0.967. The number of ether oxygens (including phenoxy) is 2. The van der Waals surface area contributed by atoms with E-state index < -0.39 is 10.4 Å². The molecule has 0 spiro atoms. The predicted molar refractivity (Wildman–Crippen MR) is 94.6 cm³/mol. The second-order valence-corrected chi connectivity index (χ2v) is 6.21. The van der Waals surface area contributed by atoms with Crippen LogP contribution in [0.4, 0.5) is 5.69 Å². The summed E-state index contributed by atoms with van der Waals surface area (Å²) in [7, 11) is -4.73. The van der Waals surface area contributed by atoms with Crippen molar-refractivity contribution in [2.24, 2.45) is 0 Å². The number of aliphatic hydroxyl groups is 1. The SMILES string of the molecule is O=C(Nc1ccc(OCCOS(=O)(=O)[O-])cc1)c1ccc(OCCO)cc1.[Na+]. The van der Waals surface area contributed by atoms with Gasteiger partial charge in [0, 0.05) is 11.3 Å². The van der Waals surface area contributed by atoms with E-state index in [-0.39, 0.29) is 61.9 Å². The largest absolute Gasteiger partial charge is 1.00 e. The van der Waals surface area contributed by atoms with Gasteiger partial charge in [0.25, 0.3) is 5.91 Å². The number of carbonyl (C=O) groups is 1. The standard InChI is InChI=1S/C17H19NO8S.Na/c19-9-10-24-15-5-1-13(2-6-15)17(20)18-14-3-7-16(8-4-14)25-11-12-26-27(21,22)23;/h1-8,19H,9-12H2,(H,18,20)(H,21,22,23);/q;+1/p-1. The second kappa shape index (κ2) is 12.0. The average Bonchev–Trinajstić information content (AvgIpc) is 2.64. The molecule has 0 heterocycles. The van der Waals surface area contributed by atoms with Gasteiger partial charge in [-0.3, -0.25) is 8.98 Å². The van der Waals surface area contributed by atoms with E-state index in [4.69, 9.17) is 14.6 Å². The van der Waals surface area contributed by atoms with Crippen LogP contribution < -0.4 is 44.3 Å². The first-order valence-corrected chi connectivity index (χ1v) is 9.19. The first-order chi connectivity index (χ1) is 12.9. The third-order valence-corrected chi connectivity index (χ3v) is 3.62. The van der Waals surface area contributed by atoms with E-state index in [1.54, 1.807) is 48.5 Å². The van der Waals surface area contributed by atoms with Crippen LogP contribution in [0.25, 0.3) is 0 Å². The Bertz CT molecular complexity index is 840. The van der Waals surface area contributed by atoms with Crippen molar-refractivity contribution >= 4 is 22.0 Å². The third-order valence-electron chi connectivity index (χ3n) is 3.17. The van der Waals surface area contributed by atoms with Crippen molar-refractivity contribution in [1.82, 2.24) is 0 Å². The maximum Gasteiger partial charge on any atom is 1.00 e. The van der Waals surface area contributed by atoms with Crippen molar-refractivity contribution in [2.45, 2.75) is 0 Å². The monoisotopic (exact) mass is 419 g/mol. The minimum absolute atomic E-state index is 0. The van der Waals surface area contributed by atoms with Gasteiger partial charge in [-0.25, -0.2) is 8.42 Å². The normalized spacial score (nSPS) is 10.6. The van der Waals surface area contributed by atoms with Gasteiger partial charge in [-0.15, -0.1) is 0 Å². The third kappa shape index (κ3) is 9.02. The van der Waals surface area contributed by atoms with Gasteiger partial charge in [-0.2, -0.15) is 0 Å². The van der Waals surface area contributed by atoms with Gasteiger partial charge in [-0.05, 0) is 48.5 Å². The van der Waals surface area contributed by atoms with Crippen LogP contribution in [0.15, 0.2) is 48.5 Å². The number of benzene rings is 2. The Labute approximate surface area is 184 Å². The average molecular weight is 419 g/mol. The summed E-state index contributed by atoms with van der Waals surface area (Å²) in [5, 5.41) is 11.4. The molecule has 0 aromatic heterocycles. The van der Waals surface area contributed by atoms with E-state index in [1.807, 2.05) is 0 Å². The fourth-order valence-corrected chi connectivity index (χ4v) is 2.27. The molecule has 11 heteroatoms. The molecule has 9 nitrogen and oxygen atoms in total. The van der Waals surface area contributed by atoms with E-state index in [1.165, 1.54) is 0 Å². The number of hydrogen-bond donors (Lipinski definition) is 2. The van der Waals surface area contributed by atoms with Crippen LogP contribution in [0.2, 0.25) is 0 Å². The van der Waals surface area contributed by atoms with Crippen LogP contribution >= 0.6 is 0 Å². The number of carbonyl (C=O) groups excluding carboxylic acids is 1. The van der Waals surface area contributed by atoms with Gasteiger partial charge in [0.1, 0.15) is 24.7 Å². The summed E-state index contributed by atoms with van der Waals surface area (Å²) < 4.78 is 45.3. The topological polar surface area (TPSA) is 134 Å². The minimum Gasteiger partial charge on any atom is -0.726 e. The van der Waals surface area contributed by atoms with Crippen molar-refractivity contribution in [3.05, 3.63) is 54.1 Å². The molecule has 0 saturated carbocycles. The van der Waals surface area contributed by atoms with Gasteiger partial charge in [0.15, 0.2) is 0 Å². The number of aliphatic hydroxyl groups excluding tert-OH is 1. The van der Waals surface area contributed by atoms with Crippen molar-refractivity contribution < 1.29 is 66.1 Å². The second-order valence-electron chi connectivity index (χ2n) is 5.15. The number of hydrogen-bond acceptors (Lipinski definition) is 8. The van der Waals surface area contributed by atoms with Gasteiger partial charge < -0.3 is 24.4 Å². The Balaban J connectivity index is 0.00000392. The van der Waals surface area contributed by atoms with Gasteiger partial charge in [-0.1, -0.05) is 0 Å². The summed E-state index contributed by atoms with van der Waals surface area (Å²) >= 11 is 0. The molecule has 0 fully saturated rings. The first kappa shape index (κ1) is 24.4. The molecule has 0 aliphatic rings. The summed E-state index contributed by atoms with van der Waals surface area (Å²) in [5.74, 6) is 0.660. The molecule has 0 unspecified atom stereocenters. The summed E-state index contributed by atoms with van der Waals surface area (Å²) in [4.78, 5) is 12.2. The molecule has 0 aliphatic carbocycles. The molecular formula is C17H18NNaO8S. The summed E-state index contributed by atoms with van der Waals surface area (Å²) in [6, 6.07) is 12.8. The zero-order valence-electron chi connectivity index (χ0n) is 15.2. The first-order valence-electron chi connectivity index (χ1n) is 7.85. The molecule has 2 rings (SSSR count). The Hall–Kier alpha value is -1.66. The quantitative estimate of drug-likeness (QED) is 0.199. The van der Waals surface area contributed by atoms with E-state index in [2.05, 4.69) is 9.50 Å². The Morgan fingerprint density at radius 1 is 0.929 bits per heavy atom. The molecule has 146 valence electrons. The van der Waals surface area contributed by atoms with Crippen molar-refractivity contribution in [3.8, 4) is 11.5 Å². The van der Waals surface area contributed by atoms with E-state index >= 15 is 0 Å². The van der Waals surface area contributed by atoms with Gasteiger partial charge in [0.2, 0.25) is 10.4 Å². The zero-order valence-corrected chi connectivity index (χ0v) is 18.0. The minimum atomic E-state index is -4.73. The zero-order chi connectivity index (χ0) is 19.7. The molecule has 0 radical (unpaired) electrons. The maximum absolute atomic E-state index is 12.2. The Morgan fingerprint density at radius 2 is 1.46 bits per heavy atom. The van der Waals surface area contributed by atoms with E-state index in [0.29, 0.717) is 22.7 Å². The molecule has 1 amide bonds. The number of nitrogens with one attached hydrogen (secondary N) is 1. The van der Waals surface area contributed by atoms with Crippen LogP contribution in [-0.2, 0) is 14.6 Å². The molecule has 2 aromatic rings. The van der Waals surface area contributed by atoms with Crippen LogP contribution in [0.1, 0.15) is 10.4 Å². The summed E-state index contributed by atoms with van der Waals surface area (Å²) in [6.45, 7) is -0.411. The number of amides is 1. The van der Waals surface area contributed by atoms with Gasteiger partial charge >= 0.3 is 29.6 Å². The number of anilines is 1. The van der Waals surface area contributed by atoms with E-state index in [9.17, 15) is 17.8 Å². The molecule has 0 bridgehead atoms. The molecule has 0 atom stereocenters. The van der Waals surface area contributed by atoms with E-state index in [0.717, 1.165) is 0 Å². The molecule has 2 N–H and O–H groups in total. The predicted octanol–water partition coefficient (Wildman–Crippen LogP) is -1.83. The molecule has 28 heavy (non-hydrogen) atoms. The molecule has 0 saturated heterocycles. The Morgan fingerprint density at radius 3 is 2.00 bits per heavy atom. The van der Waals surface area contributed by atoms with Crippen molar-refractivity contribution in [3.63, 3.8) is 0 Å². The van der Waals surface area contributed by atoms with Crippen LogP contribution in [0, 0.1) is 0 Å². The van der Waals surface area contributed by atoms with Crippen molar-refractivity contribution in [2.75, 3.05) is 31.7 Å². The number of rotatable bonds is 10. The Kier molecular flexibility index (Phi) is 10.5. The maximum atomic E-state index is 12.2. The van der Waals surface area contributed by atoms with Crippen molar-refractivity contribution in [1.29, 1.82) is 0 Å². The molecule has 0 aliphatic heterocycles.